The molecule has 1 rings (SSSR count). The molecule has 0 aliphatic carbocycles. The average molecular weight is 246 g/mol. The van der Waals surface area contributed by atoms with Gasteiger partial charge in [-0.1, -0.05) is 0 Å². The molecule has 0 fully saturated rings. The number of carbonyl (C=O) groups is 1. The van der Waals surface area contributed by atoms with Gasteiger partial charge >= 0.3 is 16.1 Å². The van der Waals surface area contributed by atoms with Crippen LogP contribution in [-0.4, -0.2) is 32.4 Å². The van der Waals surface area contributed by atoms with Gasteiger partial charge in [-0.05, 0) is 24.3 Å². The van der Waals surface area contributed by atoms with Gasteiger partial charge in [0.1, 0.15) is 11.5 Å². The first-order valence-corrected chi connectivity index (χ1v) is 6.02. The minimum atomic E-state index is -3.55. The van der Waals surface area contributed by atoms with Crippen LogP contribution in [0.4, 0.5) is 0 Å². The van der Waals surface area contributed by atoms with Gasteiger partial charge in [-0.25, -0.2) is 4.79 Å². The molecular weight excluding hydrogens is 236 g/mol. The Bertz CT molecular complexity index is 461. The molecule has 1 aromatic carbocycles. The average Bonchev–Trinajstić information content (AvgIpc) is 2.14. The third-order valence-corrected chi connectivity index (χ3v) is 1.93. The van der Waals surface area contributed by atoms with Crippen molar-refractivity contribution >= 4 is 16.1 Å². The third-order valence-electron chi connectivity index (χ3n) is 1.43. The lowest BCUT2D eigenvalue weighted by Crippen LogP contribution is -2.09. The van der Waals surface area contributed by atoms with Gasteiger partial charge in [0.05, 0.1) is 6.26 Å². The van der Waals surface area contributed by atoms with E-state index in [1.54, 1.807) is 0 Å². The van der Waals surface area contributed by atoms with Crippen LogP contribution in [-0.2, 0) is 14.9 Å². The molecule has 7 heteroatoms. The summed E-state index contributed by atoms with van der Waals surface area (Å²) in [6.45, 7) is -0.452. The van der Waals surface area contributed by atoms with Crippen molar-refractivity contribution in [3.05, 3.63) is 24.3 Å². The Hall–Kier alpha value is -1.76. The van der Waals surface area contributed by atoms with Gasteiger partial charge < -0.3 is 14.0 Å². The molecule has 0 atom stereocenters. The second-order valence-corrected chi connectivity index (χ2v) is 4.52. The monoisotopic (exact) mass is 246 g/mol. The van der Waals surface area contributed by atoms with E-state index < -0.39 is 22.7 Å². The lowest BCUT2D eigenvalue weighted by molar-refractivity contribution is -0.139. The standard InChI is InChI=1S/C9H10O6S/c1-16(12,13)15-8-4-2-7(3-5-8)14-6-9(10)11/h2-5H,6H2,1H3,(H,10,11). The van der Waals surface area contributed by atoms with Gasteiger partial charge in [0, 0.05) is 0 Å². The van der Waals surface area contributed by atoms with Crippen LogP contribution < -0.4 is 8.92 Å². The summed E-state index contributed by atoms with van der Waals surface area (Å²) in [7, 11) is -3.55. The fourth-order valence-electron chi connectivity index (χ4n) is 0.911. The Labute approximate surface area is 92.5 Å². The smallest absolute Gasteiger partial charge is 0.341 e. The van der Waals surface area contributed by atoms with E-state index in [1.165, 1.54) is 24.3 Å². The summed E-state index contributed by atoms with van der Waals surface area (Å²) in [6, 6.07) is 5.59. The zero-order valence-corrected chi connectivity index (χ0v) is 9.23. The zero-order chi connectivity index (χ0) is 12.2. The Morgan fingerprint density at radius 3 is 2.19 bits per heavy atom. The van der Waals surface area contributed by atoms with Crippen LogP contribution in [0.3, 0.4) is 0 Å². The molecule has 16 heavy (non-hydrogen) atoms. The molecule has 88 valence electrons. The second-order valence-electron chi connectivity index (χ2n) is 2.94. The molecular formula is C9H10O6S. The molecule has 1 aromatic rings. The van der Waals surface area contributed by atoms with Gasteiger partial charge in [-0.15, -0.1) is 0 Å². The summed E-state index contributed by atoms with van der Waals surface area (Å²) >= 11 is 0. The van der Waals surface area contributed by atoms with Crippen LogP contribution in [0.2, 0.25) is 0 Å². The molecule has 0 aliphatic heterocycles. The van der Waals surface area contributed by atoms with E-state index in [2.05, 4.69) is 4.18 Å². The van der Waals surface area contributed by atoms with Crippen LogP contribution in [0, 0.1) is 0 Å². The molecule has 0 amide bonds. The van der Waals surface area contributed by atoms with Crippen molar-refractivity contribution < 1.29 is 27.2 Å². The molecule has 0 unspecified atom stereocenters. The highest BCUT2D eigenvalue weighted by Gasteiger charge is 2.04. The van der Waals surface area contributed by atoms with E-state index in [4.69, 9.17) is 9.84 Å². The summed E-state index contributed by atoms with van der Waals surface area (Å²) in [4.78, 5) is 10.2. The van der Waals surface area contributed by atoms with Crippen molar-refractivity contribution in [1.29, 1.82) is 0 Å². The van der Waals surface area contributed by atoms with Crippen molar-refractivity contribution in [2.75, 3.05) is 12.9 Å². The number of carboxylic acid groups (broad SMARTS) is 1. The predicted octanol–water partition coefficient (Wildman–Crippen LogP) is 0.488. The van der Waals surface area contributed by atoms with Crippen LogP contribution in [0.15, 0.2) is 24.3 Å². The summed E-state index contributed by atoms with van der Waals surface area (Å²) in [5.41, 5.74) is 0. The minimum absolute atomic E-state index is 0.144. The highest BCUT2D eigenvalue weighted by Crippen LogP contribution is 2.18. The van der Waals surface area contributed by atoms with Gasteiger partial charge in [-0.3, -0.25) is 0 Å². The molecule has 1 N–H and O–H groups in total. The number of rotatable bonds is 5. The molecule has 0 heterocycles. The van der Waals surface area contributed by atoms with Gasteiger partial charge in [0.15, 0.2) is 6.61 Å². The first-order valence-electron chi connectivity index (χ1n) is 4.21. The van der Waals surface area contributed by atoms with Crippen molar-refractivity contribution in [2.45, 2.75) is 0 Å². The van der Waals surface area contributed by atoms with Gasteiger partial charge in [0.25, 0.3) is 0 Å². The molecule has 0 bridgehead atoms. The van der Waals surface area contributed by atoms with Crippen molar-refractivity contribution in [2.24, 2.45) is 0 Å². The topological polar surface area (TPSA) is 89.9 Å². The summed E-state index contributed by atoms with van der Waals surface area (Å²) < 4.78 is 31.0. The maximum atomic E-state index is 10.8. The number of carboxylic acids is 1. The number of hydrogen-bond acceptors (Lipinski definition) is 5. The second kappa shape index (κ2) is 4.84. The summed E-state index contributed by atoms with van der Waals surface area (Å²) in [5.74, 6) is -0.620. The van der Waals surface area contributed by atoms with Crippen LogP contribution in [0.25, 0.3) is 0 Å². The van der Waals surface area contributed by atoms with Crippen molar-refractivity contribution in [3.63, 3.8) is 0 Å². The molecule has 6 nitrogen and oxygen atoms in total. The first kappa shape index (κ1) is 12.3. The lowest BCUT2D eigenvalue weighted by Gasteiger charge is -2.05. The molecule has 0 aliphatic rings. The number of ether oxygens (including phenoxy) is 1. The van der Waals surface area contributed by atoms with Crippen LogP contribution in [0.1, 0.15) is 0 Å². The van der Waals surface area contributed by atoms with E-state index in [1.807, 2.05) is 0 Å². The Morgan fingerprint density at radius 2 is 1.75 bits per heavy atom. The highest BCUT2D eigenvalue weighted by atomic mass is 32.2. The van der Waals surface area contributed by atoms with E-state index in [0.29, 0.717) is 5.75 Å². The Balaban J connectivity index is 2.64. The Morgan fingerprint density at radius 1 is 1.25 bits per heavy atom. The molecule has 0 spiro atoms. The summed E-state index contributed by atoms with van der Waals surface area (Å²) in [6.07, 6.45) is 0.932. The maximum absolute atomic E-state index is 10.8. The number of aliphatic carboxylic acids is 1. The van der Waals surface area contributed by atoms with E-state index in [-0.39, 0.29) is 5.75 Å². The van der Waals surface area contributed by atoms with Gasteiger partial charge in [-0.2, -0.15) is 8.42 Å². The third kappa shape index (κ3) is 4.65. The summed E-state index contributed by atoms with van der Waals surface area (Å²) in [5, 5.41) is 8.35. The van der Waals surface area contributed by atoms with Gasteiger partial charge in [0.2, 0.25) is 0 Å². The number of benzene rings is 1. The normalized spacial score (nSPS) is 10.8. The fourth-order valence-corrected chi connectivity index (χ4v) is 1.37. The van der Waals surface area contributed by atoms with E-state index in [9.17, 15) is 13.2 Å². The van der Waals surface area contributed by atoms with Crippen LogP contribution >= 0.6 is 0 Å². The molecule has 0 saturated heterocycles. The zero-order valence-electron chi connectivity index (χ0n) is 8.41. The highest BCUT2D eigenvalue weighted by molar-refractivity contribution is 7.86. The molecule has 0 radical (unpaired) electrons. The first-order chi connectivity index (χ1) is 7.37. The Kier molecular flexibility index (Phi) is 3.73. The predicted molar refractivity (Wildman–Crippen MR) is 55.0 cm³/mol. The SMILES string of the molecule is CS(=O)(=O)Oc1ccc(OCC(=O)O)cc1. The number of hydrogen-bond donors (Lipinski definition) is 1. The van der Waals surface area contributed by atoms with E-state index >= 15 is 0 Å². The quantitative estimate of drug-likeness (QED) is 0.760. The largest absolute Gasteiger partial charge is 0.482 e. The lowest BCUT2D eigenvalue weighted by atomic mass is 10.3. The maximum Gasteiger partial charge on any atom is 0.341 e. The van der Waals surface area contributed by atoms with Crippen LogP contribution in [0.5, 0.6) is 11.5 Å². The van der Waals surface area contributed by atoms with E-state index in [0.717, 1.165) is 6.26 Å². The fraction of sp³-hybridized carbons (Fsp3) is 0.222. The molecule has 0 aromatic heterocycles. The van der Waals surface area contributed by atoms with Crippen molar-refractivity contribution in [1.82, 2.24) is 0 Å². The van der Waals surface area contributed by atoms with Crippen molar-refractivity contribution in [3.8, 4) is 11.5 Å². The molecule has 0 saturated carbocycles. The minimum Gasteiger partial charge on any atom is -0.482 e.